The molecule has 0 atom stereocenters. The second kappa shape index (κ2) is 13.9. The van der Waals surface area contributed by atoms with E-state index < -0.39 is 20.2 Å². The zero-order valence-electron chi connectivity index (χ0n) is 12.2. The highest BCUT2D eigenvalue weighted by Crippen LogP contribution is 2.43. The van der Waals surface area contributed by atoms with E-state index in [-0.39, 0.29) is 0 Å². The minimum Gasteiger partial charge on any atom is -0.780 e. The zero-order chi connectivity index (χ0) is 17.7. The molecule has 0 aliphatic heterocycles. The van der Waals surface area contributed by atoms with Crippen molar-refractivity contribution in [3.8, 4) is 0 Å². The van der Waals surface area contributed by atoms with Crippen LogP contribution in [0.5, 0.6) is 0 Å². The maximum Gasteiger partial charge on any atom is 0.267 e. The van der Waals surface area contributed by atoms with Crippen molar-refractivity contribution in [3.63, 3.8) is 0 Å². The SMILES string of the molecule is COP(=O)([O-])OC.COP(=S)([S-])OC.COP([O-])(=S)OC. The lowest BCUT2D eigenvalue weighted by Crippen LogP contribution is -2.02. The number of hydrogen-bond donors (Lipinski definition) is 0. The minimum absolute atomic E-state index is 1.04. The third-order valence-corrected chi connectivity index (χ3v) is 6.71. The maximum atomic E-state index is 10.3. The lowest BCUT2D eigenvalue weighted by atomic mass is 11.8. The molecule has 0 rings (SSSR count). The van der Waals surface area contributed by atoms with Crippen LogP contribution < -0.4 is 9.79 Å². The van der Waals surface area contributed by atoms with Gasteiger partial charge in [0.05, 0.1) is 5.69 Å². The summed E-state index contributed by atoms with van der Waals surface area (Å²) in [6.45, 7) is -3.07. The third-order valence-electron chi connectivity index (χ3n) is 1.34. The Morgan fingerprint density at radius 1 is 0.762 bits per heavy atom. The fourth-order valence-electron chi connectivity index (χ4n) is 0.224. The van der Waals surface area contributed by atoms with Gasteiger partial charge >= 0.3 is 0 Å². The Kier molecular flexibility index (Phi) is 18.2. The van der Waals surface area contributed by atoms with E-state index in [9.17, 15) is 14.4 Å². The van der Waals surface area contributed by atoms with Crippen molar-refractivity contribution < 1.29 is 41.5 Å². The molecule has 0 aromatic heterocycles. The van der Waals surface area contributed by atoms with Crippen LogP contribution in [0.1, 0.15) is 0 Å². The van der Waals surface area contributed by atoms with E-state index in [2.05, 4.69) is 63.0 Å². The Morgan fingerprint density at radius 2 is 1.05 bits per heavy atom. The summed E-state index contributed by atoms with van der Waals surface area (Å²) in [5, 5.41) is 0. The van der Waals surface area contributed by atoms with E-state index in [1.807, 2.05) is 0 Å². The van der Waals surface area contributed by atoms with Crippen molar-refractivity contribution in [2.75, 3.05) is 42.7 Å². The zero-order valence-corrected chi connectivity index (χ0v) is 17.4. The lowest BCUT2D eigenvalue weighted by Gasteiger charge is -2.22. The van der Waals surface area contributed by atoms with E-state index in [0.29, 0.717) is 0 Å². The van der Waals surface area contributed by atoms with Crippen LogP contribution in [0.2, 0.25) is 0 Å². The summed E-state index contributed by atoms with van der Waals surface area (Å²) in [4.78, 5) is 20.3. The first-order valence-electron chi connectivity index (χ1n) is 4.64. The molecule has 9 nitrogen and oxygen atoms in total. The topological polar surface area (TPSA) is 119 Å². The van der Waals surface area contributed by atoms with Crippen molar-refractivity contribution in [1.82, 2.24) is 0 Å². The molecule has 0 aliphatic carbocycles. The molecule has 0 aromatic rings. The Morgan fingerprint density at radius 3 is 1.05 bits per heavy atom. The van der Waals surface area contributed by atoms with Gasteiger partial charge in [-0.2, -0.15) is 0 Å². The van der Waals surface area contributed by atoms with Crippen LogP contribution in [0, 0.1) is 0 Å². The summed E-state index contributed by atoms with van der Waals surface area (Å²) in [7, 11) is 3.58. The van der Waals surface area contributed by atoms with Crippen molar-refractivity contribution in [1.29, 1.82) is 0 Å². The highest BCUT2D eigenvalue weighted by atomic mass is 32.9. The van der Waals surface area contributed by atoms with E-state index >= 15 is 0 Å². The monoisotopic (exact) mass is 423 g/mol. The molecule has 0 aliphatic rings. The molecule has 0 spiro atoms. The summed E-state index contributed by atoms with van der Waals surface area (Å²) in [5.74, 6) is 0. The van der Waals surface area contributed by atoms with Crippen LogP contribution in [0.4, 0.5) is 0 Å². The molecule has 0 aromatic carbocycles. The average Bonchev–Trinajstić information content (AvgIpc) is 2.48. The number of phosphoric ester groups is 1. The molecule has 15 heteroatoms. The normalized spacial score (nSPS) is 11.9. The van der Waals surface area contributed by atoms with Crippen LogP contribution in [-0.4, -0.2) is 42.7 Å². The van der Waals surface area contributed by atoms with Crippen LogP contribution in [0.15, 0.2) is 0 Å². The van der Waals surface area contributed by atoms with E-state index in [1.54, 1.807) is 0 Å². The molecule has 21 heavy (non-hydrogen) atoms. The number of hydrogen-bond acceptors (Lipinski definition) is 12. The quantitative estimate of drug-likeness (QED) is 0.441. The second-order valence-electron chi connectivity index (χ2n) is 2.44. The Balaban J connectivity index is -0.000000231. The molecule has 0 fully saturated rings. The summed E-state index contributed by atoms with van der Waals surface area (Å²) >= 11 is 13.5. The van der Waals surface area contributed by atoms with Gasteiger partial charge in [-0.05, 0) is 0 Å². The molecular formula is C6H18O9P3S3-3. The molecule has 132 valence electrons. The van der Waals surface area contributed by atoms with Gasteiger partial charge in [0.2, 0.25) is 0 Å². The molecule has 0 heterocycles. The predicted octanol–water partition coefficient (Wildman–Crippen LogP) is 0.662. The number of phosphoric acid groups is 1. The van der Waals surface area contributed by atoms with Gasteiger partial charge in [0, 0.05) is 42.7 Å². The van der Waals surface area contributed by atoms with Gasteiger partial charge in [-0.3, -0.25) is 4.57 Å². The molecule has 0 saturated heterocycles. The summed E-state index contributed by atoms with van der Waals surface area (Å²) in [6, 6.07) is 0. The smallest absolute Gasteiger partial charge is 0.267 e. The minimum atomic E-state index is -3.90. The summed E-state index contributed by atoms with van der Waals surface area (Å²) in [5.41, 5.74) is -2.24. The predicted molar refractivity (Wildman–Crippen MR) is 85.6 cm³/mol. The van der Waals surface area contributed by atoms with Gasteiger partial charge in [-0.1, -0.05) is 23.6 Å². The Hall–Kier alpha value is 1.56. The van der Waals surface area contributed by atoms with Crippen molar-refractivity contribution in [2.24, 2.45) is 0 Å². The molecule has 0 amide bonds. The first-order chi connectivity index (χ1) is 9.36. The summed E-state index contributed by atoms with van der Waals surface area (Å²) < 4.78 is 35.4. The van der Waals surface area contributed by atoms with Gasteiger partial charge < -0.3 is 49.2 Å². The number of rotatable bonds is 6. The van der Waals surface area contributed by atoms with Crippen LogP contribution in [0.25, 0.3) is 0 Å². The van der Waals surface area contributed by atoms with E-state index in [4.69, 9.17) is 0 Å². The van der Waals surface area contributed by atoms with Gasteiger partial charge in [0.25, 0.3) is 7.82 Å². The molecule has 0 unspecified atom stereocenters. The van der Waals surface area contributed by atoms with Crippen LogP contribution in [0.3, 0.4) is 0 Å². The fraction of sp³-hybridized carbons (Fsp3) is 1.00. The third kappa shape index (κ3) is 21.6. The van der Waals surface area contributed by atoms with E-state index in [1.165, 1.54) is 28.4 Å². The first-order valence-corrected chi connectivity index (χ1v) is 12.3. The van der Waals surface area contributed by atoms with Gasteiger partial charge in [0.15, 0.2) is 0 Å². The maximum absolute atomic E-state index is 10.3. The van der Waals surface area contributed by atoms with Crippen LogP contribution >= 0.6 is 20.2 Å². The summed E-state index contributed by atoms with van der Waals surface area (Å²) in [6.07, 6.45) is 0. The highest BCUT2D eigenvalue weighted by Gasteiger charge is 1.98. The molecule has 0 bridgehead atoms. The van der Waals surface area contributed by atoms with Gasteiger partial charge in [0.1, 0.15) is 6.72 Å². The van der Waals surface area contributed by atoms with Crippen molar-refractivity contribution >= 4 is 56.1 Å². The highest BCUT2D eigenvalue weighted by molar-refractivity contribution is 8.51. The molecule has 0 N–H and O–H groups in total. The second-order valence-corrected chi connectivity index (χ2v) is 12.2. The molecule has 0 radical (unpaired) electrons. The first kappa shape index (κ1) is 27.4. The average molecular weight is 423 g/mol. The Bertz CT molecular complexity index is 312. The molecule has 0 saturated carbocycles. The van der Waals surface area contributed by atoms with Crippen LogP contribution in [-0.2, 0) is 67.6 Å². The standard InChI is InChI=1S/C2H7O4P.C2H7O3PS.C2H7O2PS2/c1-5-7(3,4)6-2;1-4-6(3,7)5-2;1-3-5(6,7)4-2/h1-2H3,(H,3,4);1-2H3,(H,3,7);1-2H3,(H,6,7)/p-3. The van der Waals surface area contributed by atoms with Gasteiger partial charge in [-0.15, -0.1) is 0 Å². The fourth-order valence-corrected chi connectivity index (χ4v) is 0.671. The van der Waals surface area contributed by atoms with Gasteiger partial charge in [-0.25, -0.2) is 0 Å². The Labute approximate surface area is 140 Å². The van der Waals surface area contributed by atoms with E-state index in [0.717, 1.165) is 14.2 Å². The van der Waals surface area contributed by atoms with Crippen molar-refractivity contribution in [2.45, 2.75) is 0 Å². The molecular weight excluding hydrogens is 405 g/mol. The lowest BCUT2D eigenvalue weighted by molar-refractivity contribution is -0.220. The van der Waals surface area contributed by atoms with Crippen molar-refractivity contribution in [3.05, 3.63) is 0 Å². The largest absolute Gasteiger partial charge is 0.780 e.